The minimum Gasteiger partial charge on any atom is -0.316 e. The molecule has 3 heterocycles. The van der Waals surface area contributed by atoms with Gasteiger partial charge in [-0.15, -0.1) is 0 Å². The number of likely N-dealkylation sites (tertiary alicyclic amines) is 1. The van der Waals surface area contributed by atoms with Crippen molar-refractivity contribution >= 4 is 38.1 Å². The van der Waals surface area contributed by atoms with E-state index in [0.29, 0.717) is 6.04 Å². The fraction of sp³-hybridized carbons (Fsp3) is 0.280. The standard InChI is InChI=1S/C25H28N4S/c1-4-7-20(8-5-2)21-10-11-22-23(16-21)30-25(27-22)28-24-15-19(12-13-26-24)17-29-14-6-9-18(29)3/h4-5,7-8,10-13,15-16,18H,1,6,9,14,17H2,2-3H3,(H,26,27,28)/b8-5-,20-7+/t18-/m1/s1. The molecule has 0 amide bonds. The molecule has 0 spiro atoms. The van der Waals surface area contributed by atoms with Crippen molar-refractivity contribution in [3.8, 4) is 0 Å². The van der Waals surface area contributed by atoms with Gasteiger partial charge in [-0.1, -0.05) is 48.3 Å². The van der Waals surface area contributed by atoms with E-state index < -0.39 is 0 Å². The Balaban J connectivity index is 1.53. The molecule has 154 valence electrons. The van der Waals surface area contributed by atoms with Crippen molar-refractivity contribution in [1.82, 2.24) is 14.9 Å². The number of allylic oxidation sites excluding steroid dienone is 5. The van der Waals surface area contributed by atoms with Crippen molar-refractivity contribution in [3.63, 3.8) is 0 Å². The van der Waals surface area contributed by atoms with Gasteiger partial charge < -0.3 is 5.32 Å². The molecule has 1 fully saturated rings. The van der Waals surface area contributed by atoms with E-state index >= 15 is 0 Å². The number of anilines is 2. The second-order valence-electron chi connectivity index (χ2n) is 7.70. The maximum atomic E-state index is 4.74. The molecule has 1 atom stereocenters. The van der Waals surface area contributed by atoms with E-state index in [1.807, 2.05) is 31.3 Å². The number of hydrogen-bond donors (Lipinski definition) is 1. The van der Waals surface area contributed by atoms with Crippen LogP contribution in [0.5, 0.6) is 0 Å². The Morgan fingerprint density at radius 2 is 2.23 bits per heavy atom. The maximum absolute atomic E-state index is 4.74. The van der Waals surface area contributed by atoms with E-state index in [0.717, 1.165) is 38.8 Å². The second-order valence-corrected chi connectivity index (χ2v) is 8.73. The van der Waals surface area contributed by atoms with Crippen molar-refractivity contribution < 1.29 is 0 Å². The normalized spacial score (nSPS) is 17.8. The third kappa shape index (κ3) is 4.69. The Morgan fingerprint density at radius 1 is 1.33 bits per heavy atom. The van der Waals surface area contributed by atoms with Crippen LogP contribution in [0.1, 0.15) is 37.8 Å². The molecule has 5 heteroatoms. The fourth-order valence-corrected chi connectivity index (χ4v) is 4.84. The van der Waals surface area contributed by atoms with Crippen LogP contribution < -0.4 is 5.32 Å². The molecular formula is C25H28N4S. The fourth-order valence-electron chi connectivity index (χ4n) is 3.92. The van der Waals surface area contributed by atoms with Crippen molar-refractivity contribution in [2.45, 2.75) is 39.3 Å². The van der Waals surface area contributed by atoms with Gasteiger partial charge in [0.25, 0.3) is 0 Å². The summed E-state index contributed by atoms with van der Waals surface area (Å²) in [6.07, 6.45) is 12.5. The van der Waals surface area contributed by atoms with E-state index in [2.05, 4.69) is 65.1 Å². The molecule has 0 aliphatic carbocycles. The van der Waals surface area contributed by atoms with Crippen LogP contribution in [0.25, 0.3) is 15.8 Å². The summed E-state index contributed by atoms with van der Waals surface area (Å²) in [6, 6.07) is 11.3. The summed E-state index contributed by atoms with van der Waals surface area (Å²) < 4.78 is 1.15. The number of nitrogens with one attached hydrogen (secondary N) is 1. The number of fused-ring (bicyclic) bond motifs is 1. The first-order valence-corrected chi connectivity index (χ1v) is 11.3. The number of nitrogens with zero attached hydrogens (tertiary/aromatic N) is 3. The van der Waals surface area contributed by atoms with Crippen molar-refractivity contribution in [3.05, 3.63) is 78.5 Å². The Morgan fingerprint density at radius 3 is 3.00 bits per heavy atom. The van der Waals surface area contributed by atoms with Crippen LogP contribution in [0.3, 0.4) is 0 Å². The summed E-state index contributed by atoms with van der Waals surface area (Å²) in [5.41, 5.74) is 4.58. The Labute approximate surface area is 182 Å². The molecule has 0 bridgehead atoms. The molecule has 4 rings (SSSR count). The van der Waals surface area contributed by atoms with Crippen LogP contribution in [0, 0.1) is 0 Å². The Bertz CT molecular complexity index is 1100. The average molecular weight is 417 g/mol. The van der Waals surface area contributed by atoms with Gasteiger partial charge >= 0.3 is 0 Å². The summed E-state index contributed by atoms with van der Waals surface area (Å²) in [5, 5.41) is 4.26. The summed E-state index contributed by atoms with van der Waals surface area (Å²) in [5.74, 6) is 0.847. The molecule has 1 aliphatic heterocycles. The van der Waals surface area contributed by atoms with E-state index in [1.54, 1.807) is 11.3 Å². The van der Waals surface area contributed by atoms with Crippen molar-refractivity contribution in [2.24, 2.45) is 0 Å². The minimum atomic E-state index is 0.663. The molecule has 0 unspecified atom stereocenters. The first-order chi connectivity index (χ1) is 14.7. The van der Waals surface area contributed by atoms with Crippen LogP contribution >= 0.6 is 11.3 Å². The minimum absolute atomic E-state index is 0.663. The number of rotatable bonds is 7. The largest absolute Gasteiger partial charge is 0.316 e. The summed E-state index contributed by atoms with van der Waals surface area (Å²) in [7, 11) is 0. The van der Waals surface area contributed by atoms with Gasteiger partial charge in [-0.3, -0.25) is 4.90 Å². The van der Waals surface area contributed by atoms with Gasteiger partial charge in [0.15, 0.2) is 5.13 Å². The zero-order chi connectivity index (χ0) is 20.9. The molecule has 3 aromatic rings. The summed E-state index contributed by atoms with van der Waals surface area (Å²) in [4.78, 5) is 11.8. The highest BCUT2D eigenvalue weighted by Gasteiger charge is 2.20. The summed E-state index contributed by atoms with van der Waals surface area (Å²) >= 11 is 1.65. The second kappa shape index (κ2) is 9.37. The van der Waals surface area contributed by atoms with E-state index in [-0.39, 0.29) is 0 Å². The van der Waals surface area contributed by atoms with Crippen LogP contribution in [-0.4, -0.2) is 27.5 Å². The highest BCUT2D eigenvalue weighted by Crippen LogP contribution is 2.31. The molecule has 0 saturated carbocycles. The van der Waals surface area contributed by atoms with Crippen LogP contribution in [0.4, 0.5) is 10.9 Å². The molecule has 0 radical (unpaired) electrons. The zero-order valence-electron chi connectivity index (χ0n) is 17.6. The van der Waals surface area contributed by atoms with Crippen LogP contribution in [-0.2, 0) is 6.54 Å². The monoisotopic (exact) mass is 416 g/mol. The third-order valence-corrected chi connectivity index (χ3v) is 6.43. The predicted octanol–water partition coefficient (Wildman–Crippen LogP) is 6.56. The number of aromatic nitrogens is 2. The van der Waals surface area contributed by atoms with Crippen molar-refractivity contribution in [2.75, 3.05) is 11.9 Å². The van der Waals surface area contributed by atoms with Gasteiger partial charge in [-0.25, -0.2) is 9.97 Å². The number of hydrogen-bond acceptors (Lipinski definition) is 5. The number of benzene rings is 1. The van der Waals surface area contributed by atoms with Gasteiger partial charge in [0.1, 0.15) is 5.82 Å². The van der Waals surface area contributed by atoms with Crippen LogP contribution in [0.2, 0.25) is 0 Å². The first-order valence-electron chi connectivity index (χ1n) is 10.5. The van der Waals surface area contributed by atoms with E-state index in [9.17, 15) is 0 Å². The SMILES string of the molecule is C=C/C=C(\C=C/C)c1ccc2nc(Nc3cc(CN4CCC[C@H]4C)ccn3)sc2c1. The lowest BCUT2D eigenvalue weighted by atomic mass is 10.0. The molecule has 4 nitrogen and oxygen atoms in total. The highest BCUT2D eigenvalue weighted by molar-refractivity contribution is 7.22. The highest BCUT2D eigenvalue weighted by atomic mass is 32.1. The molecular weight excluding hydrogens is 388 g/mol. The molecule has 1 saturated heterocycles. The van der Waals surface area contributed by atoms with Gasteiger partial charge in [0, 0.05) is 18.8 Å². The lowest BCUT2D eigenvalue weighted by Crippen LogP contribution is -2.26. The van der Waals surface area contributed by atoms with Crippen LogP contribution in [0.15, 0.2) is 67.4 Å². The Kier molecular flexibility index (Phi) is 6.41. The molecule has 1 aliphatic rings. The van der Waals surface area contributed by atoms with Gasteiger partial charge in [0.2, 0.25) is 0 Å². The number of pyridine rings is 1. The van der Waals surface area contributed by atoms with Gasteiger partial charge in [0.05, 0.1) is 10.2 Å². The predicted molar refractivity (Wildman–Crippen MR) is 129 cm³/mol. The zero-order valence-corrected chi connectivity index (χ0v) is 18.5. The van der Waals surface area contributed by atoms with E-state index in [4.69, 9.17) is 4.98 Å². The average Bonchev–Trinajstić information content (AvgIpc) is 3.33. The molecule has 1 aromatic carbocycles. The maximum Gasteiger partial charge on any atom is 0.189 e. The molecule has 30 heavy (non-hydrogen) atoms. The number of thiazole rings is 1. The smallest absolute Gasteiger partial charge is 0.189 e. The lowest BCUT2D eigenvalue weighted by molar-refractivity contribution is 0.260. The van der Waals surface area contributed by atoms with Crippen molar-refractivity contribution in [1.29, 1.82) is 0 Å². The van der Waals surface area contributed by atoms with Gasteiger partial charge in [-0.2, -0.15) is 0 Å². The quantitative estimate of drug-likeness (QED) is 0.443. The summed E-state index contributed by atoms with van der Waals surface area (Å²) in [6.45, 7) is 10.3. The van der Waals surface area contributed by atoms with E-state index in [1.165, 1.54) is 24.9 Å². The molecule has 1 N–H and O–H groups in total. The Hall–Kier alpha value is -2.76. The topological polar surface area (TPSA) is 41.1 Å². The molecule has 2 aromatic heterocycles. The lowest BCUT2D eigenvalue weighted by Gasteiger charge is -2.21. The first kappa shape index (κ1) is 20.5. The third-order valence-electron chi connectivity index (χ3n) is 5.50. The van der Waals surface area contributed by atoms with Gasteiger partial charge in [-0.05, 0) is 74.2 Å².